The second-order valence-corrected chi connectivity index (χ2v) is 7.99. The Morgan fingerprint density at radius 1 is 1.15 bits per heavy atom. The van der Waals surface area contributed by atoms with Crippen molar-refractivity contribution >= 4 is 5.69 Å². The molecule has 0 bridgehead atoms. The van der Waals surface area contributed by atoms with Crippen LogP contribution < -0.4 is 5.32 Å². The lowest BCUT2D eigenvalue weighted by molar-refractivity contribution is 0.0774. The average molecular weight is 272 g/mol. The van der Waals surface area contributed by atoms with Crippen molar-refractivity contribution in [1.82, 2.24) is 4.90 Å². The van der Waals surface area contributed by atoms with E-state index in [1.54, 1.807) is 0 Å². The van der Waals surface area contributed by atoms with Gasteiger partial charge < -0.3 is 10.2 Å². The molecule has 0 aromatic heterocycles. The summed E-state index contributed by atoms with van der Waals surface area (Å²) in [6.45, 7) is 10.8. The zero-order chi connectivity index (χ0) is 14.5. The summed E-state index contributed by atoms with van der Waals surface area (Å²) >= 11 is 0. The molecule has 1 aromatic rings. The summed E-state index contributed by atoms with van der Waals surface area (Å²) in [5.74, 6) is 0.624. The van der Waals surface area contributed by atoms with Crippen molar-refractivity contribution in [3.63, 3.8) is 0 Å². The van der Waals surface area contributed by atoms with Crippen LogP contribution in [0.2, 0.25) is 0 Å². The third-order valence-electron chi connectivity index (χ3n) is 5.76. The van der Waals surface area contributed by atoms with Gasteiger partial charge in [0.1, 0.15) is 0 Å². The largest absolute Gasteiger partial charge is 0.381 e. The van der Waals surface area contributed by atoms with Crippen molar-refractivity contribution in [2.45, 2.75) is 58.0 Å². The summed E-state index contributed by atoms with van der Waals surface area (Å²) in [6.07, 6.45) is 2.47. The molecule has 2 heteroatoms. The SMILES string of the molecule is CN1CCC(C)(C)C2Nc3ccccc3C2CC1(C)C. The number of nitrogens with zero attached hydrogens (tertiary/aromatic N) is 1. The maximum Gasteiger partial charge on any atom is 0.0382 e. The molecular formula is C18H28N2. The van der Waals surface area contributed by atoms with E-state index in [1.807, 2.05) is 0 Å². The molecule has 2 aliphatic rings. The number of anilines is 1. The minimum absolute atomic E-state index is 0.262. The lowest BCUT2D eigenvalue weighted by Gasteiger charge is -2.47. The highest BCUT2D eigenvalue weighted by Crippen LogP contribution is 2.49. The van der Waals surface area contributed by atoms with E-state index in [4.69, 9.17) is 0 Å². The summed E-state index contributed by atoms with van der Waals surface area (Å²) in [7, 11) is 2.28. The number of rotatable bonds is 0. The molecule has 20 heavy (non-hydrogen) atoms. The fraction of sp³-hybridized carbons (Fsp3) is 0.667. The number of benzene rings is 1. The van der Waals surface area contributed by atoms with Crippen LogP contribution in [0.25, 0.3) is 0 Å². The van der Waals surface area contributed by atoms with Crippen molar-refractivity contribution < 1.29 is 0 Å². The molecule has 2 heterocycles. The summed E-state index contributed by atoms with van der Waals surface area (Å²) in [5, 5.41) is 3.83. The fourth-order valence-electron chi connectivity index (χ4n) is 3.98. The molecule has 1 N–H and O–H groups in total. The van der Waals surface area contributed by atoms with Gasteiger partial charge in [-0.2, -0.15) is 0 Å². The van der Waals surface area contributed by atoms with Gasteiger partial charge in [0, 0.05) is 23.2 Å². The van der Waals surface area contributed by atoms with Gasteiger partial charge in [-0.15, -0.1) is 0 Å². The molecule has 2 atom stereocenters. The third kappa shape index (κ3) is 2.14. The molecule has 0 saturated carbocycles. The smallest absolute Gasteiger partial charge is 0.0382 e. The first-order valence-corrected chi connectivity index (χ1v) is 7.88. The number of nitrogens with one attached hydrogen (secondary N) is 1. The van der Waals surface area contributed by atoms with E-state index in [2.05, 4.69) is 69.2 Å². The zero-order valence-electron chi connectivity index (χ0n) is 13.5. The van der Waals surface area contributed by atoms with Crippen molar-refractivity contribution in [2.75, 3.05) is 18.9 Å². The topological polar surface area (TPSA) is 15.3 Å². The van der Waals surface area contributed by atoms with E-state index >= 15 is 0 Å². The van der Waals surface area contributed by atoms with E-state index in [-0.39, 0.29) is 5.54 Å². The van der Waals surface area contributed by atoms with Crippen LogP contribution in [-0.2, 0) is 0 Å². The standard InChI is InChI=1S/C18H28N2/c1-17(2)10-11-20(5)18(3,4)12-14-13-8-6-7-9-15(13)19-16(14)17/h6-9,14,16,19H,10-12H2,1-5H3. The van der Waals surface area contributed by atoms with Gasteiger partial charge in [-0.3, -0.25) is 0 Å². The van der Waals surface area contributed by atoms with E-state index in [9.17, 15) is 0 Å². The Balaban J connectivity index is 2.03. The minimum Gasteiger partial charge on any atom is -0.381 e. The molecule has 0 amide bonds. The first-order valence-electron chi connectivity index (χ1n) is 7.88. The molecule has 110 valence electrons. The van der Waals surface area contributed by atoms with Crippen LogP contribution in [0.4, 0.5) is 5.69 Å². The van der Waals surface area contributed by atoms with Crippen LogP contribution in [0, 0.1) is 5.41 Å². The van der Waals surface area contributed by atoms with Gasteiger partial charge in [-0.1, -0.05) is 32.0 Å². The predicted octanol–water partition coefficient (Wildman–Crippen LogP) is 4.09. The molecule has 1 aromatic carbocycles. The molecule has 2 unspecified atom stereocenters. The van der Waals surface area contributed by atoms with Crippen LogP contribution in [0.1, 0.15) is 52.0 Å². The van der Waals surface area contributed by atoms with Crippen LogP contribution in [0.3, 0.4) is 0 Å². The maximum atomic E-state index is 3.83. The second kappa shape index (κ2) is 4.49. The molecule has 2 aliphatic heterocycles. The van der Waals surface area contributed by atoms with E-state index < -0.39 is 0 Å². The monoisotopic (exact) mass is 272 g/mol. The third-order valence-corrected chi connectivity index (χ3v) is 5.76. The van der Waals surface area contributed by atoms with Crippen molar-refractivity contribution in [3.05, 3.63) is 29.8 Å². The Hall–Kier alpha value is -1.02. The molecular weight excluding hydrogens is 244 g/mol. The van der Waals surface area contributed by atoms with Crippen LogP contribution in [0.15, 0.2) is 24.3 Å². The molecule has 0 spiro atoms. The van der Waals surface area contributed by atoms with E-state index in [1.165, 1.54) is 30.6 Å². The first kappa shape index (κ1) is 13.9. The number of hydrogen-bond donors (Lipinski definition) is 1. The second-order valence-electron chi connectivity index (χ2n) is 7.99. The Bertz CT molecular complexity index is 504. The highest BCUT2D eigenvalue weighted by molar-refractivity contribution is 5.60. The van der Waals surface area contributed by atoms with Gasteiger partial charge in [0.2, 0.25) is 0 Å². The summed E-state index contributed by atoms with van der Waals surface area (Å²) < 4.78 is 0. The van der Waals surface area contributed by atoms with Crippen LogP contribution in [-0.4, -0.2) is 30.1 Å². The first-order chi connectivity index (χ1) is 9.31. The van der Waals surface area contributed by atoms with Gasteiger partial charge >= 0.3 is 0 Å². The van der Waals surface area contributed by atoms with Crippen LogP contribution in [0.5, 0.6) is 0 Å². The van der Waals surface area contributed by atoms with Gasteiger partial charge in [0.15, 0.2) is 0 Å². The Morgan fingerprint density at radius 3 is 2.60 bits per heavy atom. The van der Waals surface area contributed by atoms with Crippen molar-refractivity contribution in [3.8, 4) is 0 Å². The molecule has 2 nitrogen and oxygen atoms in total. The van der Waals surface area contributed by atoms with Gasteiger partial charge in [-0.05, 0) is 57.3 Å². The van der Waals surface area contributed by atoms with Gasteiger partial charge in [-0.25, -0.2) is 0 Å². The quantitative estimate of drug-likeness (QED) is 0.765. The predicted molar refractivity (Wildman–Crippen MR) is 86.3 cm³/mol. The highest BCUT2D eigenvalue weighted by Gasteiger charge is 2.46. The highest BCUT2D eigenvalue weighted by atomic mass is 15.2. The lowest BCUT2D eigenvalue weighted by atomic mass is 9.69. The average Bonchev–Trinajstić information content (AvgIpc) is 2.74. The summed E-state index contributed by atoms with van der Waals surface area (Å²) in [6, 6.07) is 9.46. The minimum atomic E-state index is 0.262. The van der Waals surface area contributed by atoms with Gasteiger partial charge in [0.25, 0.3) is 0 Å². The zero-order valence-corrected chi connectivity index (χ0v) is 13.5. The Labute approximate surface area is 123 Å². The Kier molecular flexibility index (Phi) is 3.13. The maximum absolute atomic E-state index is 3.83. The molecule has 3 rings (SSSR count). The number of hydrogen-bond acceptors (Lipinski definition) is 2. The fourth-order valence-corrected chi connectivity index (χ4v) is 3.98. The number of likely N-dealkylation sites (tertiary alicyclic amines) is 1. The summed E-state index contributed by atoms with van der Waals surface area (Å²) in [5.41, 5.74) is 3.47. The summed E-state index contributed by atoms with van der Waals surface area (Å²) in [4.78, 5) is 2.55. The van der Waals surface area contributed by atoms with Crippen molar-refractivity contribution in [1.29, 1.82) is 0 Å². The molecule has 1 fully saturated rings. The Morgan fingerprint density at radius 2 is 1.85 bits per heavy atom. The molecule has 0 radical (unpaired) electrons. The van der Waals surface area contributed by atoms with Crippen molar-refractivity contribution in [2.24, 2.45) is 5.41 Å². The van der Waals surface area contributed by atoms with E-state index in [0.717, 1.165) is 0 Å². The van der Waals surface area contributed by atoms with Gasteiger partial charge in [0.05, 0.1) is 0 Å². The molecule has 1 saturated heterocycles. The molecule has 0 aliphatic carbocycles. The number of fused-ring (bicyclic) bond motifs is 3. The van der Waals surface area contributed by atoms with Crippen LogP contribution >= 0.6 is 0 Å². The number of para-hydroxylation sites is 1. The normalized spacial score (nSPS) is 31.6. The lowest BCUT2D eigenvalue weighted by Crippen LogP contribution is -2.50. The van der Waals surface area contributed by atoms with E-state index in [0.29, 0.717) is 17.4 Å².